The Hall–Kier alpha value is -1.65. The fourth-order valence-electron chi connectivity index (χ4n) is 2.17. The largest absolute Gasteiger partial charge is 0.492 e. The van der Waals surface area contributed by atoms with Crippen LogP contribution in [0.25, 0.3) is 0 Å². The lowest BCUT2D eigenvalue weighted by Crippen LogP contribution is -2.24. The van der Waals surface area contributed by atoms with Crippen molar-refractivity contribution < 1.29 is 21.6 Å². The number of benzene rings is 2. The molecule has 0 heterocycles. The second-order valence-electron chi connectivity index (χ2n) is 5.78. The molecular weight excluding hydrogens is 412 g/mol. The van der Waals surface area contributed by atoms with E-state index >= 15 is 0 Å². The molecule has 0 bridgehead atoms. The van der Waals surface area contributed by atoms with Crippen molar-refractivity contribution in [3.05, 3.63) is 53.1 Å². The van der Waals surface area contributed by atoms with Gasteiger partial charge in [0.1, 0.15) is 5.75 Å². The highest BCUT2D eigenvalue weighted by Crippen LogP contribution is 2.27. The molecule has 27 heavy (non-hydrogen) atoms. The molecule has 0 spiro atoms. The van der Waals surface area contributed by atoms with Crippen molar-refractivity contribution in [1.29, 1.82) is 0 Å². The van der Waals surface area contributed by atoms with Gasteiger partial charge in [0.15, 0.2) is 0 Å². The smallest absolute Gasteiger partial charge is 0.242 e. The number of hydrogen-bond acceptors (Lipinski definition) is 5. The second-order valence-corrected chi connectivity index (χ2v) is 10.1. The Labute approximate surface area is 165 Å². The van der Waals surface area contributed by atoms with Crippen molar-refractivity contribution >= 4 is 31.6 Å². The third-order valence-electron chi connectivity index (χ3n) is 3.68. The van der Waals surface area contributed by atoms with Gasteiger partial charge in [0.2, 0.25) is 20.0 Å². The van der Waals surface area contributed by atoms with E-state index in [4.69, 9.17) is 16.3 Å². The number of rotatable bonds is 8. The van der Waals surface area contributed by atoms with E-state index in [2.05, 4.69) is 4.72 Å². The van der Waals surface area contributed by atoms with Crippen LogP contribution in [0.4, 0.5) is 0 Å². The maximum Gasteiger partial charge on any atom is 0.242 e. The van der Waals surface area contributed by atoms with E-state index in [-0.39, 0.29) is 21.4 Å². The van der Waals surface area contributed by atoms with Gasteiger partial charge in [-0.15, -0.1) is 0 Å². The van der Waals surface area contributed by atoms with Crippen LogP contribution in [0.1, 0.15) is 12.5 Å². The van der Waals surface area contributed by atoms with Gasteiger partial charge in [-0.05, 0) is 42.8 Å². The molecule has 0 saturated heterocycles. The summed E-state index contributed by atoms with van der Waals surface area (Å²) in [6.45, 7) is 2.23. The van der Waals surface area contributed by atoms with Crippen molar-refractivity contribution in [3.63, 3.8) is 0 Å². The zero-order chi connectivity index (χ0) is 20.2. The lowest BCUT2D eigenvalue weighted by atomic mass is 10.2. The Bertz CT molecular complexity index is 1000. The zero-order valence-electron chi connectivity index (χ0n) is 15.1. The van der Waals surface area contributed by atoms with Gasteiger partial charge in [-0.2, -0.15) is 0 Å². The lowest BCUT2D eigenvalue weighted by Gasteiger charge is -2.12. The molecule has 0 aliphatic rings. The summed E-state index contributed by atoms with van der Waals surface area (Å²) < 4.78 is 57.8. The van der Waals surface area contributed by atoms with Crippen LogP contribution in [0.5, 0.6) is 5.75 Å². The predicted octanol–water partition coefficient (Wildman–Crippen LogP) is 2.47. The van der Waals surface area contributed by atoms with Crippen molar-refractivity contribution in [3.8, 4) is 5.75 Å². The predicted molar refractivity (Wildman–Crippen MR) is 104 cm³/mol. The monoisotopic (exact) mass is 432 g/mol. The van der Waals surface area contributed by atoms with Gasteiger partial charge < -0.3 is 4.74 Å². The van der Waals surface area contributed by atoms with Gasteiger partial charge in [-0.1, -0.05) is 23.7 Å². The quantitative estimate of drug-likeness (QED) is 0.691. The highest BCUT2D eigenvalue weighted by molar-refractivity contribution is 7.89. The number of nitrogens with one attached hydrogen (secondary N) is 1. The molecule has 0 radical (unpaired) electrons. The van der Waals surface area contributed by atoms with E-state index < -0.39 is 20.0 Å². The van der Waals surface area contributed by atoms with E-state index in [1.165, 1.54) is 44.4 Å². The summed E-state index contributed by atoms with van der Waals surface area (Å²) in [6, 6.07) is 10.2. The maximum absolute atomic E-state index is 12.4. The van der Waals surface area contributed by atoms with Crippen molar-refractivity contribution in [1.82, 2.24) is 9.03 Å². The van der Waals surface area contributed by atoms with Crippen LogP contribution in [0, 0.1) is 0 Å². The first-order valence-corrected chi connectivity index (χ1v) is 11.3. The molecule has 2 rings (SSSR count). The van der Waals surface area contributed by atoms with Gasteiger partial charge in [-0.3, -0.25) is 0 Å². The first-order valence-electron chi connectivity index (χ1n) is 8.01. The topological polar surface area (TPSA) is 92.8 Å². The fourth-order valence-corrected chi connectivity index (χ4v) is 4.42. The van der Waals surface area contributed by atoms with Crippen molar-refractivity contribution in [2.75, 3.05) is 20.7 Å². The molecule has 0 aromatic heterocycles. The third kappa shape index (κ3) is 5.20. The summed E-state index contributed by atoms with van der Waals surface area (Å²) >= 11 is 6.04. The summed E-state index contributed by atoms with van der Waals surface area (Å²) in [5, 5.41) is 0.206. The Kier molecular flexibility index (Phi) is 6.87. The first-order chi connectivity index (χ1) is 12.6. The van der Waals surface area contributed by atoms with E-state index in [1.54, 1.807) is 19.1 Å². The average molecular weight is 433 g/mol. The zero-order valence-corrected chi connectivity index (χ0v) is 17.5. The molecule has 2 aromatic carbocycles. The molecule has 0 fully saturated rings. The van der Waals surface area contributed by atoms with E-state index in [9.17, 15) is 16.8 Å². The minimum Gasteiger partial charge on any atom is -0.492 e. The van der Waals surface area contributed by atoms with Crippen molar-refractivity contribution in [2.24, 2.45) is 0 Å². The van der Waals surface area contributed by atoms with E-state index in [0.29, 0.717) is 17.9 Å². The molecule has 10 heteroatoms. The van der Waals surface area contributed by atoms with Crippen LogP contribution in [0.3, 0.4) is 0 Å². The minimum atomic E-state index is -3.78. The summed E-state index contributed by atoms with van der Waals surface area (Å²) in [5.74, 6) is 0.413. The molecule has 148 valence electrons. The Balaban J connectivity index is 2.12. The molecule has 0 aliphatic heterocycles. The molecule has 0 saturated carbocycles. The summed E-state index contributed by atoms with van der Waals surface area (Å²) in [4.78, 5) is 0.153. The Morgan fingerprint density at radius 1 is 1.00 bits per heavy atom. The SMILES string of the molecule is CCOc1ccc(S(=O)(=O)NCc2ccc(S(=O)(=O)N(C)C)cc2)cc1Cl. The summed E-state index contributed by atoms with van der Waals surface area (Å²) in [5.41, 5.74) is 0.619. The molecule has 2 aromatic rings. The second kappa shape index (κ2) is 8.57. The first kappa shape index (κ1) is 21.6. The fraction of sp³-hybridized carbons (Fsp3) is 0.294. The molecule has 0 atom stereocenters. The Morgan fingerprint density at radius 2 is 1.59 bits per heavy atom. The number of halogens is 1. The van der Waals surface area contributed by atoms with E-state index in [0.717, 1.165) is 4.31 Å². The van der Waals surface area contributed by atoms with Crippen LogP contribution in [0.2, 0.25) is 5.02 Å². The van der Waals surface area contributed by atoms with Gasteiger partial charge in [0.05, 0.1) is 21.4 Å². The van der Waals surface area contributed by atoms with Gasteiger partial charge >= 0.3 is 0 Å². The van der Waals surface area contributed by atoms with E-state index in [1.807, 2.05) is 0 Å². The van der Waals surface area contributed by atoms with Crippen LogP contribution < -0.4 is 9.46 Å². The highest BCUT2D eigenvalue weighted by Gasteiger charge is 2.18. The number of nitrogens with zero attached hydrogens (tertiary/aromatic N) is 1. The molecule has 0 unspecified atom stereocenters. The maximum atomic E-state index is 12.4. The number of sulfonamides is 2. The van der Waals surface area contributed by atoms with Gasteiger partial charge in [0, 0.05) is 20.6 Å². The number of ether oxygens (including phenoxy) is 1. The average Bonchev–Trinajstić information content (AvgIpc) is 2.62. The minimum absolute atomic E-state index is 0.00938. The van der Waals surface area contributed by atoms with Gasteiger partial charge in [-0.25, -0.2) is 25.9 Å². The molecule has 7 nitrogen and oxygen atoms in total. The molecular formula is C17H21ClN2O5S2. The number of hydrogen-bond donors (Lipinski definition) is 1. The molecule has 1 N–H and O–H groups in total. The highest BCUT2D eigenvalue weighted by atomic mass is 35.5. The lowest BCUT2D eigenvalue weighted by molar-refractivity contribution is 0.340. The summed E-state index contributed by atoms with van der Waals surface area (Å²) in [7, 11) is -4.42. The van der Waals surface area contributed by atoms with Crippen LogP contribution in [-0.2, 0) is 26.6 Å². The standard InChI is InChI=1S/C17H21ClN2O5S2/c1-4-25-17-10-9-15(11-16(17)18)26(21,22)19-12-13-5-7-14(8-6-13)27(23,24)20(2)3/h5-11,19H,4,12H2,1-3H3. The van der Waals surface area contributed by atoms with Crippen molar-refractivity contribution in [2.45, 2.75) is 23.3 Å². The van der Waals surface area contributed by atoms with Crippen LogP contribution in [-0.4, -0.2) is 41.8 Å². The van der Waals surface area contributed by atoms with Crippen LogP contribution >= 0.6 is 11.6 Å². The normalized spacial score (nSPS) is 12.3. The third-order valence-corrected chi connectivity index (χ3v) is 7.21. The van der Waals surface area contributed by atoms with Gasteiger partial charge in [0.25, 0.3) is 0 Å². The Morgan fingerprint density at radius 3 is 2.11 bits per heavy atom. The molecule has 0 amide bonds. The summed E-state index contributed by atoms with van der Waals surface area (Å²) in [6.07, 6.45) is 0. The van der Waals surface area contributed by atoms with Crippen LogP contribution in [0.15, 0.2) is 52.3 Å². The molecule has 0 aliphatic carbocycles.